The Bertz CT molecular complexity index is 1760. The molecule has 0 bridgehead atoms. The molecule has 23 nitrogen and oxygen atoms in total. The highest BCUT2D eigenvalue weighted by Gasteiger charge is 2.37. The zero-order valence-corrected chi connectivity index (χ0v) is 41.8. The maximum Gasteiger partial charge on any atom is 0.326 e. The molecule has 0 fully saturated rings. The molecule has 14 N–H and O–H groups in total. The Morgan fingerprint density at radius 3 is 1.37 bits per heavy atom. The van der Waals surface area contributed by atoms with E-state index in [-0.39, 0.29) is 31.1 Å². The zero-order chi connectivity index (χ0) is 52.7. The largest absolute Gasteiger partial charge is 0.481 e. The molecule has 0 aromatic heterocycles. The lowest BCUT2D eigenvalue weighted by Gasteiger charge is -2.31. The van der Waals surface area contributed by atoms with Gasteiger partial charge in [-0.2, -0.15) is 0 Å². The number of hydrogen-bond donors (Lipinski definition) is 12. The maximum atomic E-state index is 14.0. The normalized spacial score (nSPS) is 15.8. The van der Waals surface area contributed by atoms with Gasteiger partial charge in [0.2, 0.25) is 53.2 Å². The Labute approximate surface area is 399 Å². The smallest absolute Gasteiger partial charge is 0.326 e. The van der Waals surface area contributed by atoms with Crippen LogP contribution in [0.5, 0.6) is 0 Å². The van der Waals surface area contributed by atoms with Gasteiger partial charge in [-0.1, -0.05) is 95.9 Å². The summed E-state index contributed by atoms with van der Waals surface area (Å²) in [5.74, 6) is -12.5. The molecule has 0 heterocycles. The number of rotatable bonds is 32. The third-order valence-corrected chi connectivity index (χ3v) is 11.2. The van der Waals surface area contributed by atoms with Crippen LogP contribution >= 0.6 is 0 Å². The van der Waals surface area contributed by atoms with Crippen LogP contribution in [0.25, 0.3) is 0 Å². The second-order valence-electron chi connectivity index (χ2n) is 19.0. The van der Waals surface area contributed by atoms with Crippen LogP contribution in [0.4, 0.5) is 0 Å². The Morgan fingerprint density at radius 2 is 0.912 bits per heavy atom. The number of primary amides is 1. The average molecular weight is 969 g/mol. The fourth-order valence-electron chi connectivity index (χ4n) is 6.78. The van der Waals surface area contributed by atoms with Crippen LogP contribution < -0.4 is 54.0 Å². The van der Waals surface area contributed by atoms with E-state index >= 15 is 0 Å². The van der Waals surface area contributed by atoms with E-state index < -0.39 is 150 Å². The standard InChI is InChI=1S/C45H80N10O13/c1-13-25(11)36(52-32(57)20-48-39(61)28(15-16-31(47)56)49-38(60)27(46)17-21(3)4)43(65)51-30(19-33(58)59)40(62)50-29(18-22(5)6)41(63)55-37(26(12)14-2)44(66)53-34(23(7)8)42(64)54-35(24(9)10)45(67)68/h21-30,34-37H,13-20,46H2,1-12H3,(H2,47,56)(H,48,61)(H,49,60)(H,50,62)(H,51,65)(H,52,57)(H,53,66)(H,54,64)(H,55,63)(H,58,59)(H,67,68)/t25-,26-,27-,28-,29-,30-,34-,35-,36-,37-/m0/s1. The van der Waals surface area contributed by atoms with Crippen molar-refractivity contribution in [2.24, 2.45) is 47.0 Å². The number of carboxylic acids is 2. The van der Waals surface area contributed by atoms with Crippen LogP contribution in [-0.4, -0.2) is 130 Å². The fourth-order valence-corrected chi connectivity index (χ4v) is 6.78. The number of carboxylic acid groups (broad SMARTS) is 2. The summed E-state index contributed by atoms with van der Waals surface area (Å²) in [4.78, 5) is 143. The number of nitrogens with one attached hydrogen (secondary N) is 8. The Kier molecular flexibility index (Phi) is 27.9. The minimum absolute atomic E-state index is 0.00194. The van der Waals surface area contributed by atoms with Crippen molar-refractivity contribution in [3.8, 4) is 0 Å². The molecule has 0 aliphatic heterocycles. The highest BCUT2D eigenvalue weighted by atomic mass is 16.4. The molecule has 0 aromatic rings. The summed E-state index contributed by atoms with van der Waals surface area (Å²) >= 11 is 0. The quantitative estimate of drug-likeness (QED) is 0.0391. The van der Waals surface area contributed by atoms with Crippen molar-refractivity contribution < 1.29 is 63.0 Å². The van der Waals surface area contributed by atoms with E-state index in [9.17, 15) is 63.0 Å². The lowest BCUT2D eigenvalue weighted by molar-refractivity contribution is -0.144. The van der Waals surface area contributed by atoms with Crippen LogP contribution in [0.3, 0.4) is 0 Å². The van der Waals surface area contributed by atoms with Gasteiger partial charge in [-0.15, -0.1) is 0 Å². The molecule has 0 aliphatic carbocycles. The van der Waals surface area contributed by atoms with Crippen LogP contribution in [-0.2, 0) is 52.7 Å². The molecule has 9 amide bonds. The second kappa shape index (κ2) is 30.5. The number of hydrogen-bond acceptors (Lipinski definition) is 12. The van der Waals surface area contributed by atoms with Gasteiger partial charge in [0.1, 0.15) is 42.3 Å². The zero-order valence-electron chi connectivity index (χ0n) is 41.8. The van der Waals surface area contributed by atoms with Gasteiger partial charge in [-0.3, -0.25) is 47.9 Å². The predicted molar refractivity (Wildman–Crippen MR) is 250 cm³/mol. The first-order valence-corrected chi connectivity index (χ1v) is 23.3. The molecule has 10 atom stereocenters. The van der Waals surface area contributed by atoms with Gasteiger partial charge in [0.05, 0.1) is 19.0 Å². The van der Waals surface area contributed by atoms with E-state index in [2.05, 4.69) is 42.5 Å². The van der Waals surface area contributed by atoms with Crippen molar-refractivity contribution in [2.45, 2.75) is 176 Å². The monoisotopic (exact) mass is 969 g/mol. The summed E-state index contributed by atoms with van der Waals surface area (Å²) in [6.07, 6.45) is -0.426. The third-order valence-electron chi connectivity index (χ3n) is 11.2. The van der Waals surface area contributed by atoms with E-state index in [1.165, 1.54) is 0 Å². The second-order valence-corrected chi connectivity index (χ2v) is 19.0. The fraction of sp³-hybridized carbons (Fsp3) is 0.756. The first kappa shape index (κ1) is 62.1. The van der Waals surface area contributed by atoms with Crippen molar-refractivity contribution in [3.63, 3.8) is 0 Å². The maximum absolute atomic E-state index is 14.0. The predicted octanol–water partition coefficient (Wildman–Crippen LogP) is -0.855. The number of amides is 9. The van der Waals surface area contributed by atoms with E-state index in [0.29, 0.717) is 19.3 Å². The van der Waals surface area contributed by atoms with E-state index in [0.717, 1.165) is 0 Å². The Morgan fingerprint density at radius 1 is 0.485 bits per heavy atom. The van der Waals surface area contributed by atoms with Crippen molar-refractivity contribution in [2.75, 3.05) is 6.54 Å². The van der Waals surface area contributed by atoms with Crippen molar-refractivity contribution in [1.82, 2.24) is 42.5 Å². The van der Waals surface area contributed by atoms with Gasteiger partial charge >= 0.3 is 11.9 Å². The molecular weight excluding hydrogens is 889 g/mol. The molecular formula is C45H80N10O13. The molecule has 0 saturated heterocycles. The first-order valence-electron chi connectivity index (χ1n) is 23.3. The third kappa shape index (κ3) is 22.8. The highest BCUT2D eigenvalue weighted by Crippen LogP contribution is 2.15. The summed E-state index contributed by atoms with van der Waals surface area (Å²) in [5, 5.41) is 39.3. The van der Waals surface area contributed by atoms with Gasteiger partial charge in [0.15, 0.2) is 0 Å². The molecule has 0 unspecified atom stereocenters. The van der Waals surface area contributed by atoms with Crippen molar-refractivity contribution in [3.05, 3.63) is 0 Å². The summed E-state index contributed by atoms with van der Waals surface area (Å²) in [6, 6.07) is -10.4. The van der Waals surface area contributed by atoms with Crippen LogP contribution in [0.2, 0.25) is 0 Å². The van der Waals surface area contributed by atoms with Gasteiger partial charge in [0.25, 0.3) is 0 Å². The summed E-state index contributed by atoms with van der Waals surface area (Å²) < 4.78 is 0. The molecule has 0 spiro atoms. The van der Waals surface area contributed by atoms with E-state index in [1.807, 2.05) is 13.8 Å². The highest BCUT2D eigenvalue weighted by molar-refractivity contribution is 5.98. The molecule has 0 aliphatic rings. The minimum atomic E-state index is -1.78. The lowest BCUT2D eigenvalue weighted by atomic mass is 9.95. The number of nitrogens with two attached hydrogens (primary N) is 2. The van der Waals surface area contributed by atoms with Crippen LogP contribution in [0, 0.1) is 35.5 Å². The van der Waals surface area contributed by atoms with E-state index in [4.69, 9.17) is 11.5 Å². The number of carbonyl (C=O) groups is 11. The van der Waals surface area contributed by atoms with Gasteiger partial charge in [-0.05, 0) is 54.8 Å². The van der Waals surface area contributed by atoms with Gasteiger partial charge in [0, 0.05) is 6.42 Å². The molecule has 0 rings (SSSR count). The van der Waals surface area contributed by atoms with Gasteiger partial charge in [-0.25, -0.2) is 4.79 Å². The number of carbonyl (C=O) groups excluding carboxylic acids is 9. The molecule has 0 saturated carbocycles. The molecule has 23 heteroatoms. The average Bonchev–Trinajstić information content (AvgIpc) is 3.23. The Hall–Kier alpha value is -5.87. The topological polar surface area (TPSA) is 377 Å². The molecule has 0 aromatic carbocycles. The molecule has 388 valence electrons. The lowest BCUT2D eigenvalue weighted by Crippen LogP contribution is -2.62. The Balaban J connectivity index is 6.36. The van der Waals surface area contributed by atoms with Gasteiger partial charge < -0.3 is 64.2 Å². The molecule has 0 radical (unpaired) electrons. The summed E-state index contributed by atoms with van der Waals surface area (Å²) in [5.41, 5.74) is 11.2. The van der Waals surface area contributed by atoms with E-state index in [1.54, 1.807) is 69.2 Å². The SMILES string of the molecule is CC[C@H](C)[C@H](NC(=O)CNC(=O)[C@H](CCC(N)=O)NC(=O)[C@@H](N)CC(C)C)C(=O)N[C@@H](CC(=O)O)C(=O)N[C@@H](CC(C)C)C(=O)N[C@H](C(=O)N[C@H](C(=O)N[C@H](C(=O)O)C(C)C)C(C)C)[C@@H](C)CC. The van der Waals surface area contributed by atoms with Crippen molar-refractivity contribution >= 4 is 65.1 Å². The number of aliphatic carboxylic acids is 2. The molecule has 68 heavy (non-hydrogen) atoms. The van der Waals surface area contributed by atoms with Crippen LogP contribution in [0.1, 0.15) is 128 Å². The summed E-state index contributed by atoms with van der Waals surface area (Å²) in [7, 11) is 0. The van der Waals surface area contributed by atoms with Crippen molar-refractivity contribution in [1.29, 1.82) is 0 Å². The van der Waals surface area contributed by atoms with Crippen LogP contribution in [0.15, 0.2) is 0 Å². The first-order chi connectivity index (χ1) is 31.5. The minimum Gasteiger partial charge on any atom is -0.481 e. The summed E-state index contributed by atoms with van der Waals surface area (Å²) in [6.45, 7) is 19.8.